The lowest BCUT2D eigenvalue weighted by Crippen LogP contribution is -2.35. The lowest BCUT2D eigenvalue weighted by molar-refractivity contribution is -0.148. The molecule has 1 aliphatic heterocycles. The van der Waals surface area contributed by atoms with Crippen LogP contribution in [0.25, 0.3) is 0 Å². The van der Waals surface area contributed by atoms with Gasteiger partial charge in [-0.2, -0.15) is 0 Å². The van der Waals surface area contributed by atoms with E-state index < -0.39 is 11.4 Å². The number of aliphatic hydroxyl groups excluding tert-OH is 1. The van der Waals surface area contributed by atoms with Gasteiger partial charge in [0.15, 0.2) is 0 Å². The molecule has 0 saturated carbocycles. The Morgan fingerprint density at radius 1 is 1.50 bits per heavy atom. The summed E-state index contributed by atoms with van der Waals surface area (Å²) in [6.45, 7) is 5.05. The van der Waals surface area contributed by atoms with Gasteiger partial charge in [-0.25, -0.2) is 0 Å². The fourth-order valence-electron chi connectivity index (χ4n) is 2.12. The van der Waals surface area contributed by atoms with Gasteiger partial charge in [-0.1, -0.05) is 6.92 Å². The first kappa shape index (κ1) is 13.4. The lowest BCUT2D eigenvalue weighted by Gasteiger charge is -2.23. The van der Waals surface area contributed by atoms with Gasteiger partial charge in [0.05, 0.1) is 25.2 Å². The summed E-state index contributed by atoms with van der Waals surface area (Å²) in [6, 6.07) is 0. The first-order valence-electron chi connectivity index (χ1n) is 5.79. The zero-order valence-corrected chi connectivity index (χ0v) is 9.81. The molecule has 1 atom stereocenters. The summed E-state index contributed by atoms with van der Waals surface area (Å²) in [5.74, 6) is -0.686. The fraction of sp³-hybridized carbons (Fsp3) is 0.909. The molecule has 1 rings (SSSR count). The van der Waals surface area contributed by atoms with Crippen molar-refractivity contribution in [3.05, 3.63) is 0 Å². The van der Waals surface area contributed by atoms with Gasteiger partial charge < -0.3 is 14.9 Å². The maximum absolute atomic E-state index is 11.2. The summed E-state index contributed by atoms with van der Waals surface area (Å²) in [5.41, 5.74) is -0.559. The topological polar surface area (TPSA) is 70.0 Å². The van der Waals surface area contributed by atoms with Crippen LogP contribution < -0.4 is 0 Å². The first-order valence-corrected chi connectivity index (χ1v) is 5.79. The van der Waals surface area contributed by atoms with E-state index in [0.29, 0.717) is 26.2 Å². The zero-order valence-electron chi connectivity index (χ0n) is 9.81. The maximum Gasteiger partial charge on any atom is 0.310 e. The molecule has 0 aromatic rings. The van der Waals surface area contributed by atoms with Gasteiger partial charge in [-0.3, -0.25) is 9.69 Å². The van der Waals surface area contributed by atoms with Crippen LogP contribution >= 0.6 is 0 Å². The Morgan fingerprint density at radius 2 is 2.25 bits per heavy atom. The van der Waals surface area contributed by atoms with Crippen LogP contribution in [0, 0.1) is 5.41 Å². The predicted molar refractivity (Wildman–Crippen MR) is 59.3 cm³/mol. The van der Waals surface area contributed by atoms with Crippen LogP contribution in [0.3, 0.4) is 0 Å². The molecule has 0 radical (unpaired) electrons. The summed E-state index contributed by atoms with van der Waals surface area (Å²) in [6.07, 6.45) is 1.40. The highest BCUT2D eigenvalue weighted by Crippen LogP contribution is 2.33. The molecule has 0 aromatic heterocycles. The van der Waals surface area contributed by atoms with Crippen molar-refractivity contribution in [2.45, 2.75) is 19.8 Å². The van der Waals surface area contributed by atoms with E-state index in [1.807, 2.05) is 6.92 Å². The molecule has 1 aliphatic rings. The number of ether oxygens (including phenoxy) is 1. The molecular formula is C11H21NO4. The molecule has 1 saturated heterocycles. The standard InChI is InChI=1S/C11H21NO4/c1-2-11(10(14)15)3-4-12(9-11)5-7-16-8-6-13/h13H,2-9H2,1H3,(H,14,15). The zero-order chi connectivity index (χ0) is 12.0. The lowest BCUT2D eigenvalue weighted by atomic mass is 9.84. The number of aliphatic carboxylic acids is 1. The number of hydrogen-bond acceptors (Lipinski definition) is 4. The second-order valence-electron chi connectivity index (χ2n) is 4.30. The predicted octanol–water partition coefficient (Wildman–Crippen LogP) is 0.182. The van der Waals surface area contributed by atoms with Gasteiger partial charge in [0.2, 0.25) is 0 Å². The highest BCUT2D eigenvalue weighted by Gasteiger charge is 2.42. The Bertz CT molecular complexity index is 234. The molecular weight excluding hydrogens is 210 g/mol. The largest absolute Gasteiger partial charge is 0.481 e. The second-order valence-corrected chi connectivity index (χ2v) is 4.30. The van der Waals surface area contributed by atoms with E-state index in [2.05, 4.69) is 4.90 Å². The van der Waals surface area contributed by atoms with Crippen LogP contribution in [0.1, 0.15) is 19.8 Å². The van der Waals surface area contributed by atoms with E-state index >= 15 is 0 Å². The van der Waals surface area contributed by atoms with Gasteiger partial charge in [-0.05, 0) is 19.4 Å². The van der Waals surface area contributed by atoms with Crippen molar-refractivity contribution >= 4 is 5.97 Å². The smallest absolute Gasteiger partial charge is 0.310 e. The van der Waals surface area contributed by atoms with Crippen LogP contribution in [0.4, 0.5) is 0 Å². The molecule has 5 nitrogen and oxygen atoms in total. The number of carboxylic acids is 1. The van der Waals surface area contributed by atoms with Crippen LogP contribution in [-0.2, 0) is 9.53 Å². The number of hydrogen-bond donors (Lipinski definition) is 2. The Labute approximate surface area is 96.0 Å². The number of rotatable bonds is 7. The Morgan fingerprint density at radius 3 is 2.75 bits per heavy atom. The molecule has 1 unspecified atom stereocenters. The number of carboxylic acid groups (broad SMARTS) is 1. The normalized spacial score (nSPS) is 26.1. The number of likely N-dealkylation sites (tertiary alicyclic amines) is 1. The maximum atomic E-state index is 11.2. The molecule has 1 fully saturated rings. The van der Waals surface area contributed by atoms with Gasteiger partial charge in [0.25, 0.3) is 0 Å². The molecule has 5 heteroatoms. The third kappa shape index (κ3) is 3.17. The van der Waals surface area contributed by atoms with Crippen LogP contribution in [0.5, 0.6) is 0 Å². The van der Waals surface area contributed by atoms with Crippen molar-refractivity contribution in [2.24, 2.45) is 5.41 Å². The molecule has 0 bridgehead atoms. The summed E-state index contributed by atoms with van der Waals surface area (Å²) in [4.78, 5) is 13.3. The first-order chi connectivity index (χ1) is 7.64. The molecule has 94 valence electrons. The number of nitrogens with zero attached hydrogens (tertiary/aromatic N) is 1. The summed E-state index contributed by atoms with van der Waals surface area (Å²) >= 11 is 0. The minimum Gasteiger partial charge on any atom is -0.481 e. The van der Waals surface area contributed by atoms with Crippen LogP contribution in [-0.4, -0.2) is 60.5 Å². The summed E-state index contributed by atoms with van der Waals surface area (Å²) in [7, 11) is 0. The van der Waals surface area contributed by atoms with E-state index in [1.165, 1.54) is 0 Å². The summed E-state index contributed by atoms with van der Waals surface area (Å²) < 4.78 is 5.17. The second kappa shape index (κ2) is 6.18. The molecule has 0 aromatic carbocycles. The highest BCUT2D eigenvalue weighted by atomic mass is 16.5. The average molecular weight is 231 g/mol. The van der Waals surface area contributed by atoms with Gasteiger partial charge in [0.1, 0.15) is 0 Å². The van der Waals surface area contributed by atoms with Gasteiger partial charge in [-0.15, -0.1) is 0 Å². The molecule has 1 heterocycles. The number of aliphatic hydroxyl groups is 1. The van der Waals surface area contributed by atoms with Gasteiger partial charge >= 0.3 is 5.97 Å². The van der Waals surface area contributed by atoms with Crippen LogP contribution in [0.2, 0.25) is 0 Å². The van der Waals surface area contributed by atoms with Crippen molar-refractivity contribution in [3.8, 4) is 0 Å². The van der Waals surface area contributed by atoms with E-state index in [-0.39, 0.29) is 6.61 Å². The molecule has 0 amide bonds. The monoisotopic (exact) mass is 231 g/mol. The van der Waals surface area contributed by atoms with Crippen molar-refractivity contribution < 1.29 is 19.7 Å². The van der Waals surface area contributed by atoms with Crippen molar-refractivity contribution in [1.82, 2.24) is 4.90 Å². The molecule has 2 N–H and O–H groups in total. The van der Waals surface area contributed by atoms with E-state index in [4.69, 9.17) is 9.84 Å². The Hall–Kier alpha value is -0.650. The molecule has 0 aliphatic carbocycles. The molecule has 0 spiro atoms. The average Bonchev–Trinajstić information content (AvgIpc) is 2.69. The van der Waals surface area contributed by atoms with Crippen molar-refractivity contribution in [1.29, 1.82) is 0 Å². The Balaban J connectivity index is 2.31. The van der Waals surface area contributed by atoms with Crippen LogP contribution in [0.15, 0.2) is 0 Å². The van der Waals surface area contributed by atoms with Crippen molar-refractivity contribution in [3.63, 3.8) is 0 Å². The minimum absolute atomic E-state index is 0.0357. The number of carbonyl (C=O) groups is 1. The quantitative estimate of drug-likeness (QED) is 0.612. The van der Waals surface area contributed by atoms with E-state index in [1.54, 1.807) is 0 Å². The van der Waals surface area contributed by atoms with E-state index in [9.17, 15) is 9.90 Å². The summed E-state index contributed by atoms with van der Waals surface area (Å²) in [5, 5.41) is 17.7. The Kier molecular flexibility index (Phi) is 5.18. The third-order valence-electron chi connectivity index (χ3n) is 3.35. The van der Waals surface area contributed by atoms with Crippen molar-refractivity contribution in [2.75, 3.05) is 39.5 Å². The fourth-order valence-corrected chi connectivity index (χ4v) is 2.12. The minimum atomic E-state index is -0.686. The third-order valence-corrected chi connectivity index (χ3v) is 3.35. The molecule has 16 heavy (non-hydrogen) atoms. The van der Waals surface area contributed by atoms with Gasteiger partial charge in [0, 0.05) is 13.1 Å². The highest BCUT2D eigenvalue weighted by molar-refractivity contribution is 5.75. The van der Waals surface area contributed by atoms with E-state index in [0.717, 1.165) is 19.5 Å². The SMILES string of the molecule is CCC1(C(=O)O)CCN(CCOCCO)C1.